The quantitative estimate of drug-likeness (QED) is 0.134. The van der Waals surface area contributed by atoms with Gasteiger partial charge in [-0.05, 0) is 25.0 Å². The van der Waals surface area contributed by atoms with E-state index in [1.807, 2.05) is 6.92 Å². The molecule has 0 saturated carbocycles. The lowest BCUT2D eigenvalue weighted by molar-refractivity contribution is -0.206. The molecule has 0 amide bonds. The summed E-state index contributed by atoms with van der Waals surface area (Å²) in [6.45, 7) is 5.41. The summed E-state index contributed by atoms with van der Waals surface area (Å²) in [5.74, 6) is -2.17. The van der Waals surface area contributed by atoms with Crippen molar-refractivity contribution >= 4 is 0 Å². The van der Waals surface area contributed by atoms with Crippen LogP contribution in [0.2, 0.25) is 0 Å². The number of ether oxygens (including phenoxy) is 3. The van der Waals surface area contributed by atoms with E-state index in [-0.39, 0.29) is 6.61 Å². The molecule has 1 aliphatic rings. The maximum absolute atomic E-state index is 14.5. The SMILES string of the molecule is CCCCCCOc1c(F)c(F)c(C#Cc2ccc(C3OCC(CCCCC)CO3)cc2)c(F)c1F. The molecule has 0 N–H and O–H groups in total. The van der Waals surface area contributed by atoms with Crippen LogP contribution in [0.25, 0.3) is 0 Å². The largest absolute Gasteiger partial charge is 0.487 e. The molecule has 7 heteroatoms. The Morgan fingerprint density at radius 3 is 2.00 bits per heavy atom. The number of hydrogen-bond donors (Lipinski definition) is 0. The topological polar surface area (TPSA) is 27.7 Å². The van der Waals surface area contributed by atoms with Crippen LogP contribution in [0.15, 0.2) is 24.3 Å². The van der Waals surface area contributed by atoms with Crippen LogP contribution in [0.3, 0.4) is 0 Å². The molecule has 0 spiro atoms. The van der Waals surface area contributed by atoms with Crippen molar-refractivity contribution in [2.75, 3.05) is 19.8 Å². The van der Waals surface area contributed by atoms with Gasteiger partial charge in [-0.25, -0.2) is 8.78 Å². The Hall–Kier alpha value is -2.56. The van der Waals surface area contributed by atoms with Gasteiger partial charge in [0.1, 0.15) is 5.56 Å². The normalized spacial score (nSPS) is 17.5. The van der Waals surface area contributed by atoms with Gasteiger partial charge in [-0.3, -0.25) is 0 Å². The molecule has 1 heterocycles. The number of hydrogen-bond acceptors (Lipinski definition) is 3. The third-order valence-electron chi connectivity index (χ3n) is 6.16. The van der Waals surface area contributed by atoms with Crippen LogP contribution in [0.1, 0.15) is 88.2 Å². The minimum atomic E-state index is -1.58. The fraction of sp³-hybridized carbons (Fsp3) is 0.517. The van der Waals surface area contributed by atoms with Gasteiger partial charge in [-0.15, -0.1) is 0 Å². The van der Waals surface area contributed by atoms with Gasteiger partial charge in [0, 0.05) is 17.0 Å². The van der Waals surface area contributed by atoms with E-state index in [1.54, 1.807) is 24.3 Å². The standard InChI is InChI=1S/C29H34F4O3/c1-3-5-7-9-17-34-28-26(32)24(30)23(25(31)27(28)33)16-13-20-11-14-22(15-12-20)29-35-18-21(19-36-29)10-8-6-4-2/h11-12,14-15,21,29H,3-10,17-19H2,1-2H3. The molecule has 36 heavy (non-hydrogen) atoms. The summed E-state index contributed by atoms with van der Waals surface area (Å²) in [4.78, 5) is 0. The smallest absolute Gasteiger partial charge is 0.205 e. The number of halogens is 4. The van der Waals surface area contributed by atoms with Gasteiger partial charge in [-0.2, -0.15) is 8.78 Å². The van der Waals surface area contributed by atoms with Crippen molar-refractivity contribution in [1.82, 2.24) is 0 Å². The van der Waals surface area contributed by atoms with Gasteiger partial charge in [0.25, 0.3) is 0 Å². The van der Waals surface area contributed by atoms with Gasteiger partial charge in [0.2, 0.25) is 11.6 Å². The van der Waals surface area contributed by atoms with Crippen LogP contribution in [0.5, 0.6) is 5.75 Å². The van der Waals surface area contributed by atoms with Crippen LogP contribution in [0, 0.1) is 41.0 Å². The highest BCUT2D eigenvalue weighted by atomic mass is 19.2. The minimum Gasteiger partial charge on any atom is -0.487 e. The van der Waals surface area contributed by atoms with Gasteiger partial charge < -0.3 is 14.2 Å². The Labute approximate surface area is 211 Å². The Kier molecular flexibility index (Phi) is 11.1. The monoisotopic (exact) mass is 506 g/mol. The molecule has 3 rings (SSSR count). The zero-order valence-corrected chi connectivity index (χ0v) is 21.0. The van der Waals surface area contributed by atoms with E-state index in [4.69, 9.17) is 14.2 Å². The van der Waals surface area contributed by atoms with Gasteiger partial charge in [0.15, 0.2) is 23.7 Å². The van der Waals surface area contributed by atoms with Crippen molar-refractivity contribution in [1.29, 1.82) is 0 Å². The van der Waals surface area contributed by atoms with Crippen molar-refractivity contribution < 1.29 is 31.8 Å². The molecular weight excluding hydrogens is 472 g/mol. The summed E-state index contributed by atoms with van der Waals surface area (Å²) in [6.07, 6.45) is 7.38. The lowest BCUT2D eigenvalue weighted by Gasteiger charge is -2.29. The van der Waals surface area contributed by atoms with Crippen molar-refractivity contribution in [3.63, 3.8) is 0 Å². The second-order valence-electron chi connectivity index (χ2n) is 9.10. The molecule has 0 radical (unpaired) electrons. The highest BCUT2D eigenvalue weighted by Gasteiger charge is 2.26. The molecular formula is C29H34F4O3. The maximum Gasteiger partial charge on any atom is 0.205 e. The van der Waals surface area contributed by atoms with Crippen LogP contribution in [-0.2, 0) is 9.47 Å². The average molecular weight is 507 g/mol. The van der Waals surface area contributed by atoms with Crippen molar-refractivity contribution in [2.24, 2.45) is 5.92 Å². The Morgan fingerprint density at radius 2 is 1.39 bits per heavy atom. The fourth-order valence-corrected chi connectivity index (χ4v) is 3.99. The molecule has 3 nitrogen and oxygen atoms in total. The molecule has 0 bridgehead atoms. The molecule has 196 valence electrons. The average Bonchev–Trinajstić information content (AvgIpc) is 2.90. The first-order valence-electron chi connectivity index (χ1n) is 12.8. The molecule has 0 atom stereocenters. The highest BCUT2D eigenvalue weighted by molar-refractivity contribution is 5.47. The Bertz CT molecular complexity index is 1010. The first kappa shape index (κ1) is 28.0. The van der Waals surface area contributed by atoms with Crippen molar-refractivity contribution in [3.8, 4) is 17.6 Å². The van der Waals surface area contributed by atoms with E-state index in [0.717, 1.165) is 37.7 Å². The zero-order valence-electron chi connectivity index (χ0n) is 21.0. The molecule has 1 fully saturated rings. The predicted molar refractivity (Wildman–Crippen MR) is 131 cm³/mol. The lowest BCUT2D eigenvalue weighted by atomic mass is 10.0. The number of rotatable bonds is 11. The van der Waals surface area contributed by atoms with Gasteiger partial charge in [-0.1, -0.05) is 76.3 Å². The Morgan fingerprint density at radius 1 is 0.778 bits per heavy atom. The van der Waals surface area contributed by atoms with E-state index in [2.05, 4.69) is 18.8 Å². The predicted octanol–water partition coefficient (Wildman–Crippen LogP) is 7.84. The molecule has 0 aromatic heterocycles. The minimum absolute atomic E-state index is 0.0297. The molecule has 0 aliphatic carbocycles. The number of benzene rings is 2. The summed E-state index contributed by atoms with van der Waals surface area (Å²) in [7, 11) is 0. The zero-order chi connectivity index (χ0) is 25.9. The third kappa shape index (κ3) is 7.47. The fourth-order valence-electron chi connectivity index (χ4n) is 3.99. The highest BCUT2D eigenvalue weighted by Crippen LogP contribution is 2.30. The third-order valence-corrected chi connectivity index (χ3v) is 6.16. The molecule has 2 aromatic carbocycles. The van der Waals surface area contributed by atoms with Crippen LogP contribution >= 0.6 is 0 Å². The van der Waals surface area contributed by atoms with E-state index in [1.165, 1.54) is 12.8 Å². The molecule has 0 unspecified atom stereocenters. The van der Waals surface area contributed by atoms with Crippen molar-refractivity contribution in [3.05, 3.63) is 64.2 Å². The molecule has 1 saturated heterocycles. The van der Waals surface area contributed by atoms with Crippen LogP contribution in [-0.4, -0.2) is 19.8 Å². The summed E-state index contributed by atoms with van der Waals surface area (Å²) in [5, 5.41) is 0. The molecule has 2 aromatic rings. The second kappa shape index (κ2) is 14.2. The molecule has 1 aliphatic heterocycles. The van der Waals surface area contributed by atoms with E-state index >= 15 is 0 Å². The summed E-state index contributed by atoms with van der Waals surface area (Å²) in [5.41, 5.74) is 0.241. The maximum atomic E-state index is 14.5. The summed E-state index contributed by atoms with van der Waals surface area (Å²) >= 11 is 0. The first-order chi connectivity index (χ1) is 17.5. The van der Waals surface area contributed by atoms with Crippen molar-refractivity contribution in [2.45, 2.75) is 71.5 Å². The van der Waals surface area contributed by atoms with Gasteiger partial charge in [0.05, 0.1) is 19.8 Å². The Balaban J connectivity index is 1.64. The lowest BCUT2D eigenvalue weighted by Crippen LogP contribution is -2.27. The van der Waals surface area contributed by atoms with Crippen LogP contribution < -0.4 is 4.74 Å². The second-order valence-corrected chi connectivity index (χ2v) is 9.10. The van der Waals surface area contributed by atoms with Crippen LogP contribution in [0.4, 0.5) is 17.6 Å². The first-order valence-corrected chi connectivity index (χ1v) is 12.8. The summed E-state index contributed by atoms with van der Waals surface area (Å²) < 4.78 is 74.4. The summed E-state index contributed by atoms with van der Waals surface area (Å²) in [6, 6.07) is 6.77. The van der Waals surface area contributed by atoms with E-state index in [9.17, 15) is 17.6 Å². The van der Waals surface area contributed by atoms with E-state index in [0.29, 0.717) is 31.1 Å². The van der Waals surface area contributed by atoms with E-state index < -0.39 is 40.9 Å². The van der Waals surface area contributed by atoms with Gasteiger partial charge >= 0.3 is 0 Å². The number of unbranched alkanes of at least 4 members (excludes halogenated alkanes) is 5.